The molecule has 0 aliphatic carbocycles. The molecule has 2 fully saturated rings. The van der Waals surface area contributed by atoms with Crippen molar-refractivity contribution in [3.63, 3.8) is 0 Å². The second-order valence-electron chi connectivity index (χ2n) is 18.2. The van der Waals surface area contributed by atoms with Gasteiger partial charge >= 0.3 is 12.2 Å². The van der Waals surface area contributed by atoms with Crippen LogP contribution >= 0.6 is 22.7 Å². The van der Waals surface area contributed by atoms with Gasteiger partial charge in [0.15, 0.2) is 6.29 Å². The summed E-state index contributed by atoms with van der Waals surface area (Å²) >= 11 is 3.17. The summed E-state index contributed by atoms with van der Waals surface area (Å²) in [6.45, 7) is 29.1. The average Bonchev–Trinajstić information content (AvgIpc) is 3.72. The molecule has 300 valence electrons. The summed E-state index contributed by atoms with van der Waals surface area (Å²) in [5.41, 5.74) is 5.16. The van der Waals surface area contributed by atoms with E-state index in [1.807, 2.05) is 58.9 Å². The molecule has 0 bridgehead atoms. The first kappa shape index (κ1) is 46.3. The summed E-state index contributed by atoms with van der Waals surface area (Å²) in [7, 11) is 0. The van der Waals surface area contributed by atoms with E-state index in [1.54, 1.807) is 22.4 Å². The largest absolute Gasteiger partial charge is 0.444 e. The lowest BCUT2D eigenvalue weighted by molar-refractivity contribution is 0.0194. The smallest absolute Gasteiger partial charge is 0.410 e. The van der Waals surface area contributed by atoms with Crippen molar-refractivity contribution in [3.05, 3.63) is 32.2 Å². The zero-order chi connectivity index (χ0) is 40.0. The molecule has 2 aliphatic rings. The van der Waals surface area contributed by atoms with Crippen LogP contribution in [0.4, 0.5) is 9.59 Å². The molecule has 2 aromatic heterocycles. The van der Waals surface area contributed by atoms with Gasteiger partial charge in [-0.05, 0) is 97.4 Å². The van der Waals surface area contributed by atoms with Gasteiger partial charge in [-0.15, -0.1) is 22.7 Å². The molecule has 0 aromatic carbocycles. The first-order valence-electron chi connectivity index (χ1n) is 19.0. The highest BCUT2D eigenvalue weighted by molar-refractivity contribution is 7.13. The Bertz CT molecular complexity index is 1430. The molecule has 2 amide bonds. The van der Waals surface area contributed by atoms with Crippen LogP contribution in [0.1, 0.15) is 158 Å². The Morgan fingerprint density at radius 1 is 0.736 bits per heavy atom. The van der Waals surface area contributed by atoms with Crippen LogP contribution in [0.3, 0.4) is 0 Å². The van der Waals surface area contributed by atoms with Crippen molar-refractivity contribution in [2.75, 3.05) is 39.3 Å². The van der Waals surface area contributed by atoms with Gasteiger partial charge in [0.05, 0.1) is 19.8 Å². The third-order valence-electron chi connectivity index (χ3n) is 8.29. The van der Waals surface area contributed by atoms with Crippen LogP contribution in [-0.2, 0) is 9.47 Å². The van der Waals surface area contributed by atoms with E-state index in [4.69, 9.17) is 15.2 Å². The minimum absolute atomic E-state index is 0.207. The van der Waals surface area contributed by atoms with Gasteiger partial charge in [0, 0.05) is 63.2 Å². The van der Waals surface area contributed by atoms with Gasteiger partial charge in [-0.1, -0.05) is 41.5 Å². The minimum atomic E-state index is -0.456. The summed E-state index contributed by atoms with van der Waals surface area (Å²) in [4.78, 5) is 53.5. The van der Waals surface area contributed by atoms with E-state index in [1.165, 1.54) is 11.3 Å². The molecular weight excluding hydrogens is 709 g/mol. The van der Waals surface area contributed by atoms with Crippen molar-refractivity contribution in [1.29, 1.82) is 0 Å². The maximum absolute atomic E-state index is 12.2. The van der Waals surface area contributed by atoms with E-state index < -0.39 is 11.2 Å². The third kappa shape index (κ3) is 19.3. The molecule has 0 saturated carbocycles. The molecule has 2 saturated heterocycles. The number of amides is 2. The number of carbonyl (C=O) groups excluding carboxylic acids is 3. The van der Waals surface area contributed by atoms with E-state index in [9.17, 15) is 14.4 Å². The van der Waals surface area contributed by atoms with E-state index in [0.717, 1.165) is 85.9 Å². The Labute approximate surface area is 327 Å². The van der Waals surface area contributed by atoms with E-state index in [0.29, 0.717) is 40.6 Å². The number of nitrogens with two attached hydrogens (primary N) is 1. The summed E-state index contributed by atoms with van der Waals surface area (Å²) in [5.74, 6) is 0.766. The second-order valence-corrected chi connectivity index (χ2v) is 20.4. The minimum Gasteiger partial charge on any atom is -0.444 e. The summed E-state index contributed by atoms with van der Waals surface area (Å²) in [5, 5.41) is 2.15. The Morgan fingerprint density at radius 2 is 1.13 bits per heavy atom. The van der Waals surface area contributed by atoms with Gasteiger partial charge in [-0.3, -0.25) is 9.79 Å². The molecule has 2 N–H and O–H groups in total. The van der Waals surface area contributed by atoms with Crippen molar-refractivity contribution in [3.8, 4) is 0 Å². The molecule has 53 heavy (non-hydrogen) atoms. The van der Waals surface area contributed by atoms with Gasteiger partial charge in [0.1, 0.15) is 11.2 Å². The summed E-state index contributed by atoms with van der Waals surface area (Å²) in [6.07, 6.45) is 11.7. The third-order valence-corrected chi connectivity index (χ3v) is 10.5. The number of aldehydes is 1. The summed E-state index contributed by atoms with van der Waals surface area (Å²) in [6, 6.07) is 0. The Hall–Kier alpha value is -2.90. The molecule has 4 heterocycles. The average molecular weight is 777 g/mol. The molecule has 2 aromatic rings. The zero-order valence-electron chi connectivity index (χ0n) is 34.6. The topological polar surface area (TPSA) is 140 Å². The molecule has 0 radical (unpaired) electrons. The first-order chi connectivity index (χ1) is 24.5. The lowest BCUT2D eigenvalue weighted by Crippen LogP contribution is -2.41. The molecule has 11 nitrogen and oxygen atoms in total. The number of rotatable bonds is 7. The number of aliphatic imine (C=N–C) groups is 1. The van der Waals surface area contributed by atoms with Crippen LogP contribution in [0.25, 0.3) is 0 Å². The van der Waals surface area contributed by atoms with Crippen molar-refractivity contribution in [1.82, 2.24) is 19.8 Å². The van der Waals surface area contributed by atoms with Crippen molar-refractivity contribution >= 4 is 47.4 Å². The van der Waals surface area contributed by atoms with Crippen LogP contribution in [0.15, 0.2) is 17.4 Å². The Kier molecular flexibility index (Phi) is 18.1. The van der Waals surface area contributed by atoms with Crippen LogP contribution in [0, 0.1) is 10.8 Å². The predicted molar refractivity (Wildman–Crippen MR) is 219 cm³/mol. The monoisotopic (exact) mass is 776 g/mol. The predicted octanol–water partition coefficient (Wildman–Crippen LogP) is 9.56. The lowest BCUT2D eigenvalue weighted by atomic mass is 9.92. The van der Waals surface area contributed by atoms with E-state index in [-0.39, 0.29) is 12.2 Å². The molecule has 0 atom stereocenters. The quantitative estimate of drug-likeness (QED) is 0.217. The van der Waals surface area contributed by atoms with Crippen LogP contribution in [0.5, 0.6) is 0 Å². The van der Waals surface area contributed by atoms with E-state index >= 15 is 0 Å². The Balaban J connectivity index is 0.000000318. The maximum Gasteiger partial charge on any atom is 0.410 e. The highest BCUT2D eigenvalue weighted by atomic mass is 32.1. The van der Waals surface area contributed by atoms with Gasteiger partial charge < -0.3 is 25.0 Å². The number of nitrogens with zero attached hydrogens (tertiary/aromatic N) is 5. The first-order valence-corrected chi connectivity index (χ1v) is 20.6. The molecular formula is C40H68N6O5S2. The number of hydrogen-bond donors (Lipinski definition) is 1. The SMILES string of the molecule is CC(C)(C)CCN.CC(C)(C)CCN=Cc1cnc(C2CCN(C(=O)OC(C)(C)C)CC2)s1.CC(C)(C)OC(=O)N1CCC(c2ncc(C=O)s2)CC1. The number of piperidine rings is 2. The van der Waals surface area contributed by atoms with Gasteiger partial charge in [-0.2, -0.15) is 0 Å². The Morgan fingerprint density at radius 3 is 1.45 bits per heavy atom. The maximum atomic E-state index is 12.2. The van der Waals surface area contributed by atoms with E-state index in [2.05, 4.69) is 56.5 Å². The highest BCUT2D eigenvalue weighted by Gasteiger charge is 2.30. The molecule has 4 rings (SSSR count). The molecule has 0 spiro atoms. The van der Waals surface area contributed by atoms with Crippen LogP contribution in [0.2, 0.25) is 0 Å². The van der Waals surface area contributed by atoms with Gasteiger partial charge in [0.2, 0.25) is 0 Å². The number of aromatic nitrogens is 2. The number of ether oxygens (including phenoxy) is 2. The lowest BCUT2D eigenvalue weighted by Gasteiger charge is -2.32. The van der Waals surface area contributed by atoms with Crippen LogP contribution in [-0.4, -0.2) is 94.9 Å². The standard InChI is InChI=1S/C20H33N3O2S.C14H20N2O3S.C6H15N/c1-19(2,3)9-10-21-13-16-14-22-17(26-16)15-7-11-23(12-8-15)18(24)25-20(4,5)6;1-14(2,3)19-13(18)16-6-4-10(5-7-16)12-15-8-11(9-17)20-12;1-6(2,3)4-5-7/h13-15H,7-12H2,1-6H3;8-10H,4-7H2,1-3H3;4-5,7H2,1-3H3. The number of carbonyl (C=O) groups is 3. The fourth-order valence-corrected chi connectivity index (χ4v) is 7.24. The van der Waals surface area contributed by atoms with Crippen molar-refractivity contribution in [2.45, 2.75) is 145 Å². The normalized spacial score (nSPS) is 16.4. The van der Waals surface area contributed by atoms with Gasteiger partial charge in [-0.25, -0.2) is 19.6 Å². The number of thiazole rings is 2. The summed E-state index contributed by atoms with van der Waals surface area (Å²) < 4.78 is 10.8. The van der Waals surface area contributed by atoms with Crippen LogP contribution < -0.4 is 5.73 Å². The van der Waals surface area contributed by atoms with Crippen molar-refractivity contribution in [2.24, 2.45) is 21.6 Å². The molecule has 0 unspecified atom stereocenters. The number of likely N-dealkylation sites (tertiary alicyclic amines) is 2. The second kappa shape index (κ2) is 20.7. The van der Waals surface area contributed by atoms with Crippen molar-refractivity contribution < 1.29 is 23.9 Å². The molecule has 13 heteroatoms. The van der Waals surface area contributed by atoms with Gasteiger partial charge in [0.25, 0.3) is 0 Å². The zero-order valence-corrected chi connectivity index (χ0v) is 36.3. The number of hydrogen-bond acceptors (Lipinski definition) is 11. The fraction of sp³-hybridized carbons (Fsp3) is 0.750. The molecule has 2 aliphatic heterocycles. The highest BCUT2D eigenvalue weighted by Crippen LogP contribution is 2.32. The fourth-order valence-electron chi connectivity index (χ4n) is 5.35.